The molecule has 1 saturated heterocycles. The molecule has 3 heterocycles. The molecule has 0 aliphatic carbocycles. The summed E-state index contributed by atoms with van der Waals surface area (Å²) in [6, 6.07) is 7.98. The Morgan fingerprint density at radius 1 is 1.16 bits per heavy atom. The Morgan fingerprint density at radius 2 is 1.90 bits per heavy atom. The van der Waals surface area contributed by atoms with E-state index in [1.54, 1.807) is 35.9 Å². The zero-order valence-electron chi connectivity index (χ0n) is 17.1. The third-order valence-corrected chi connectivity index (χ3v) is 5.94. The van der Waals surface area contributed by atoms with Crippen LogP contribution in [0.2, 0.25) is 0 Å². The second-order valence-corrected chi connectivity index (χ2v) is 9.41. The van der Waals surface area contributed by atoms with Crippen LogP contribution in [0.15, 0.2) is 42.9 Å². The number of alkyl halides is 1. The van der Waals surface area contributed by atoms with Crippen LogP contribution in [0.25, 0.3) is 11.1 Å². The van der Waals surface area contributed by atoms with Crippen molar-refractivity contribution < 1.29 is 17.2 Å². The molecule has 3 aromatic rings. The molecular weight excluding hydrogens is 426 g/mol. The van der Waals surface area contributed by atoms with Crippen molar-refractivity contribution >= 4 is 21.4 Å². The smallest absolute Gasteiger partial charge is 0.229 e. The summed E-state index contributed by atoms with van der Waals surface area (Å²) in [5, 5.41) is 7.71. The van der Waals surface area contributed by atoms with E-state index in [2.05, 4.69) is 19.9 Å². The van der Waals surface area contributed by atoms with Gasteiger partial charge in [-0.1, -0.05) is 12.1 Å². The summed E-state index contributed by atoms with van der Waals surface area (Å²) in [4.78, 5) is 5.64. The molecule has 0 radical (unpaired) electrons. The van der Waals surface area contributed by atoms with Gasteiger partial charge in [0.15, 0.2) is 11.5 Å². The largest absolute Gasteiger partial charge is 0.369 e. The van der Waals surface area contributed by atoms with Crippen molar-refractivity contribution in [3.8, 4) is 11.1 Å². The fourth-order valence-corrected chi connectivity index (χ4v) is 4.50. The first-order valence-electron chi connectivity index (χ1n) is 9.67. The molecule has 1 fully saturated rings. The number of benzene rings is 1. The molecule has 31 heavy (non-hydrogen) atoms. The molecule has 2 aromatic heterocycles. The van der Waals surface area contributed by atoms with Gasteiger partial charge in [-0.2, -0.15) is 4.39 Å². The highest BCUT2D eigenvalue weighted by Gasteiger charge is 2.41. The molecule has 11 heteroatoms. The summed E-state index contributed by atoms with van der Waals surface area (Å²) >= 11 is 0. The number of rotatable bonds is 5. The van der Waals surface area contributed by atoms with Gasteiger partial charge in [-0.3, -0.25) is 4.72 Å². The lowest BCUT2D eigenvalue weighted by Gasteiger charge is -2.38. The van der Waals surface area contributed by atoms with Crippen LogP contribution in [-0.2, 0) is 22.7 Å². The molecule has 4 rings (SSSR count). The van der Waals surface area contributed by atoms with Gasteiger partial charge >= 0.3 is 0 Å². The number of aromatic nitrogens is 4. The highest BCUT2D eigenvalue weighted by Crippen LogP contribution is 2.42. The third-order valence-electron chi connectivity index (χ3n) is 5.35. The maximum atomic E-state index is 15.6. The second kappa shape index (κ2) is 7.88. The van der Waals surface area contributed by atoms with Crippen molar-refractivity contribution in [1.29, 1.82) is 0 Å². The number of sulfonamides is 1. The molecule has 0 amide bonds. The van der Waals surface area contributed by atoms with Gasteiger partial charge in [0.05, 0.1) is 17.6 Å². The topological polar surface area (TPSA) is 93.0 Å². The van der Waals surface area contributed by atoms with Crippen molar-refractivity contribution in [1.82, 2.24) is 19.7 Å². The molecule has 0 spiro atoms. The number of para-hydroxylation sites is 1. The van der Waals surface area contributed by atoms with Gasteiger partial charge in [-0.25, -0.2) is 17.8 Å². The number of nitrogens with zero attached hydrogens (tertiary/aromatic N) is 5. The Bertz CT molecular complexity index is 1190. The second-order valence-electron chi connectivity index (χ2n) is 7.66. The molecule has 8 nitrogen and oxygen atoms in total. The lowest BCUT2D eigenvalue weighted by atomic mass is 9.91. The molecule has 1 N–H and O–H groups in total. The van der Waals surface area contributed by atoms with Gasteiger partial charge in [-0.15, -0.1) is 10.2 Å². The van der Waals surface area contributed by atoms with Crippen LogP contribution in [-0.4, -0.2) is 47.5 Å². The molecule has 1 aromatic carbocycles. The van der Waals surface area contributed by atoms with Crippen molar-refractivity contribution in [3.05, 3.63) is 54.6 Å². The summed E-state index contributed by atoms with van der Waals surface area (Å²) in [7, 11) is -1.85. The van der Waals surface area contributed by atoms with Crippen LogP contribution >= 0.6 is 0 Å². The maximum absolute atomic E-state index is 15.6. The average Bonchev–Trinajstić information content (AvgIpc) is 3.15. The minimum absolute atomic E-state index is 0.161. The van der Waals surface area contributed by atoms with Gasteiger partial charge in [0.25, 0.3) is 0 Å². The number of anilines is 2. The van der Waals surface area contributed by atoms with Crippen molar-refractivity contribution in [2.75, 3.05) is 29.0 Å². The zero-order chi connectivity index (χ0) is 22.2. The number of hydrogen-bond acceptors (Lipinski definition) is 6. The molecule has 0 unspecified atom stereocenters. The Labute approximate surface area is 179 Å². The summed E-state index contributed by atoms with van der Waals surface area (Å²) in [5.41, 5.74) is 0.638. The van der Waals surface area contributed by atoms with Crippen molar-refractivity contribution in [2.24, 2.45) is 7.05 Å². The minimum atomic E-state index is -3.56. The lowest BCUT2D eigenvalue weighted by Crippen LogP contribution is -2.42. The highest BCUT2D eigenvalue weighted by molar-refractivity contribution is 7.92. The Balaban J connectivity index is 1.72. The average molecular weight is 448 g/mol. The SMILES string of the molecule is Cn1cnnc1C1(F)CCN(c2c(NS(C)(=O)=O)cccc2-c2ccc(F)nc2)CC1. The van der Waals surface area contributed by atoms with Crippen LogP contribution in [0.4, 0.5) is 20.2 Å². The van der Waals surface area contributed by atoms with Gasteiger partial charge in [-0.05, 0) is 18.2 Å². The zero-order valence-corrected chi connectivity index (χ0v) is 17.9. The predicted molar refractivity (Wildman–Crippen MR) is 113 cm³/mol. The molecular formula is C20H22F2N6O2S. The van der Waals surface area contributed by atoms with Crippen molar-refractivity contribution in [2.45, 2.75) is 18.5 Å². The predicted octanol–water partition coefficient (Wildman–Crippen LogP) is 2.85. The minimum Gasteiger partial charge on any atom is -0.369 e. The Kier molecular flexibility index (Phi) is 5.38. The number of hydrogen-bond donors (Lipinski definition) is 1. The molecule has 1 aliphatic rings. The van der Waals surface area contributed by atoms with E-state index in [0.29, 0.717) is 35.6 Å². The molecule has 164 valence electrons. The van der Waals surface area contributed by atoms with Gasteiger partial charge in [0, 0.05) is 50.3 Å². The quantitative estimate of drug-likeness (QED) is 0.604. The summed E-state index contributed by atoms with van der Waals surface area (Å²) < 4.78 is 57.0. The summed E-state index contributed by atoms with van der Waals surface area (Å²) in [5.74, 6) is -0.336. The Hall–Kier alpha value is -3.08. The van der Waals surface area contributed by atoms with Crippen molar-refractivity contribution in [3.63, 3.8) is 0 Å². The lowest BCUT2D eigenvalue weighted by molar-refractivity contribution is 0.109. The molecule has 1 aliphatic heterocycles. The van der Waals surface area contributed by atoms with E-state index in [4.69, 9.17) is 0 Å². The third kappa shape index (κ3) is 4.36. The summed E-state index contributed by atoms with van der Waals surface area (Å²) in [6.07, 6.45) is 4.25. The van der Waals surface area contributed by atoms with Gasteiger partial charge in [0.1, 0.15) is 6.33 Å². The van der Waals surface area contributed by atoms with E-state index < -0.39 is 21.6 Å². The number of piperidine rings is 1. The first-order chi connectivity index (χ1) is 14.7. The normalized spacial score (nSPS) is 16.3. The number of pyridine rings is 1. The summed E-state index contributed by atoms with van der Waals surface area (Å²) in [6.45, 7) is 0.654. The van der Waals surface area contributed by atoms with Gasteiger partial charge < -0.3 is 9.47 Å². The fourth-order valence-electron chi connectivity index (χ4n) is 3.93. The maximum Gasteiger partial charge on any atom is 0.229 e. The molecule has 0 atom stereocenters. The first kappa shape index (κ1) is 21.2. The number of halogens is 2. The van der Waals surface area contributed by atoms with Gasteiger partial charge in [0.2, 0.25) is 16.0 Å². The van der Waals surface area contributed by atoms with Crippen LogP contribution in [0.3, 0.4) is 0 Å². The van der Waals surface area contributed by atoms with E-state index >= 15 is 4.39 Å². The van der Waals surface area contributed by atoms with E-state index in [1.807, 2.05) is 4.90 Å². The van der Waals surface area contributed by atoms with E-state index in [0.717, 1.165) is 6.26 Å². The molecule has 0 saturated carbocycles. The van der Waals surface area contributed by atoms with E-state index in [1.165, 1.54) is 18.6 Å². The standard InChI is InChI=1S/C20H22F2N6O2S/c1-27-13-24-25-19(27)20(22)8-10-28(11-9-20)18-15(14-6-7-17(21)23-12-14)4-3-5-16(18)26-31(2,29)30/h3-7,12-13,26H,8-11H2,1-2H3. The van der Waals surface area contributed by atoms with Crippen LogP contribution in [0.5, 0.6) is 0 Å². The van der Waals surface area contributed by atoms with Crippen LogP contribution < -0.4 is 9.62 Å². The number of aryl methyl sites for hydroxylation is 1. The van der Waals surface area contributed by atoms with Crippen LogP contribution in [0, 0.1) is 5.95 Å². The first-order valence-corrected chi connectivity index (χ1v) is 11.6. The van der Waals surface area contributed by atoms with Crippen LogP contribution in [0.1, 0.15) is 18.7 Å². The molecule has 0 bridgehead atoms. The Morgan fingerprint density at radius 3 is 2.48 bits per heavy atom. The fraction of sp³-hybridized carbons (Fsp3) is 0.350. The highest BCUT2D eigenvalue weighted by atomic mass is 32.2. The van der Waals surface area contributed by atoms with E-state index in [9.17, 15) is 12.8 Å². The monoisotopic (exact) mass is 448 g/mol. The number of nitrogens with one attached hydrogen (secondary N) is 1. The van der Waals surface area contributed by atoms with E-state index in [-0.39, 0.29) is 18.7 Å².